The third-order valence-electron chi connectivity index (χ3n) is 5.28. The largest absolute Gasteiger partial charge is 0.366 e. The summed E-state index contributed by atoms with van der Waals surface area (Å²) in [5, 5.41) is 6.38. The predicted octanol–water partition coefficient (Wildman–Crippen LogP) is 2.12. The molecule has 2 aromatic heterocycles. The Morgan fingerprint density at radius 1 is 1.14 bits per heavy atom. The quantitative estimate of drug-likeness (QED) is 0.800. The Kier molecular flexibility index (Phi) is 5.71. The van der Waals surface area contributed by atoms with E-state index in [1.165, 1.54) is 0 Å². The first-order valence-corrected chi connectivity index (χ1v) is 10.1. The van der Waals surface area contributed by atoms with Gasteiger partial charge in [0.2, 0.25) is 0 Å². The number of amides is 1. The number of aromatic nitrogens is 2. The zero-order chi connectivity index (χ0) is 19.3. The van der Waals surface area contributed by atoms with E-state index in [0.29, 0.717) is 24.0 Å². The van der Waals surface area contributed by atoms with Crippen molar-refractivity contribution in [3.05, 3.63) is 47.8 Å². The van der Waals surface area contributed by atoms with E-state index in [0.717, 1.165) is 56.8 Å². The molecule has 2 aromatic rings. The van der Waals surface area contributed by atoms with Crippen LogP contribution in [0.4, 0.5) is 11.6 Å². The molecule has 0 unspecified atom stereocenters. The molecule has 0 spiro atoms. The fourth-order valence-corrected chi connectivity index (χ4v) is 3.46. The molecule has 148 valence electrons. The molecule has 7 heteroatoms. The van der Waals surface area contributed by atoms with Gasteiger partial charge < -0.3 is 20.4 Å². The second-order valence-electron chi connectivity index (χ2n) is 7.66. The van der Waals surface area contributed by atoms with Crippen LogP contribution in [0.3, 0.4) is 0 Å². The third-order valence-corrected chi connectivity index (χ3v) is 5.28. The Balaban J connectivity index is 1.43. The lowest BCUT2D eigenvalue weighted by Crippen LogP contribution is -2.30. The number of hydrogen-bond acceptors (Lipinski definition) is 6. The van der Waals surface area contributed by atoms with Gasteiger partial charge in [-0.05, 0) is 51.1 Å². The van der Waals surface area contributed by atoms with E-state index >= 15 is 0 Å². The van der Waals surface area contributed by atoms with Crippen molar-refractivity contribution in [1.29, 1.82) is 0 Å². The molecule has 0 bridgehead atoms. The van der Waals surface area contributed by atoms with Gasteiger partial charge in [-0.25, -0.2) is 9.97 Å². The van der Waals surface area contributed by atoms with Crippen LogP contribution in [0.1, 0.15) is 35.2 Å². The number of carbonyl (C=O) groups excluding carboxylic acids is 1. The van der Waals surface area contributed by atoms with Crippen molar-refractivity contribution in [1.82, 2.24) is 20.2 Å². The van der Waals surface area contributed by atoms with Crippen LogP contribution in [0.2, 0.25) is 0 Å². The van der Waals surface area contributed by atoms with Crippen molar-refractivity contribution in [2.75, 3.05) is 43.4 Å². The number of rotatable bonds is 6. The van der Waals surface area contributed by atoms with Crippen molar-refractivity contribution in [2.24, 2.45) is 0 Å². The molecule has 0 aromatic carbocycles. The topological polar surface area (TPSA) is 73.4 Å². The maximum absolute atomic E-state index is 12.3. The first-order valence-electron chi connectivity index (χ1n) is 10.1. The molecule has 2 N–H and O–H groups in total. The number of pyridine rings is 2. The predicted molar refractivity (Wildman–Crippen MR) is 111 cm³/mol. The summed E-state index contributed by atoms with van der Waals surface area (Å²) in [5.74, 6) is 1.71. The molecule has 0 radical (unpaired) electrons. The molecular formula is C21H28N6O. The van der Waals surface area contributed by atoms with Gasteiger partial charge in [0.25, 0.3) is 5.91 Å². The fourth-order valence-electron chi connectivity index (χ4n) is 3.46. The van der Waals surface area contributed by atoms with Gasteiger partial charge in [-0.1, -0.05) is 6.07 Å². The molecule has 2 aliphatic rings. The molecular weight excluding hydrogens is 352 g/mol. The second kappa shape index (κ2) is 8.56. The van der Waals surface area contributed by atoms with Gasteiger partial charge in [0.1, 0.15) is 11.6 Å². The van der Waals surface area contributed by atoms with Crippen molar-refractivity contribution in [2.45, 2.75) is 31.8 Å². The SMILES string of the molecule is CN1CCCN(c2ncccc2CNc2cc(C(=O)NC3CC3)ccn2)CC1. The summed E-state index contributed by atoms with van der Waals surface area (Å²) in [6.45, 7) is 4.79. The Hall–Kier alpha value is -2.67. The number of likely N-dealkylation sites (N-methyl/N-ethyl adjacent to an activating group) is 1. The summed E-state index contributed by atoms with van der Waals surface area (Å²) < 4.78 is 0. The molecule has 1 amide bonds. The maximum atomic E-state index is 12.3. The molecule has 2 fully saturated rings. The van der Waals surface area contributed by atoms with E-state index in [-0.39, 0.29) is 5.91 Å². The van der Waals surface area contributed by atoms with Crippen molar-refractivity contribution >= 4 is 17.5 Å². The van der Waals surface area contributed by atoms with Gasteiger partial charge in [0, 0.05) is 55.7 Å². The van der Waals surface area contributed by atoms with E-state index < -0.39 is 0 Å². The molecule has 7 nitrogen and oxygen atoms in total. The van der Waals surface area contributed by atoms with Crippen LogP contribution in [0.15, 0.2) is 36.7 Å². The van der Waals surface area contributed by atoms with Crippen LogP contribution in [0.5, 0.6) is 0 Å². The Labute approximate surface area is 166 Å². The average molecular weight is 380 g/mol. The molecule has 1 aliphatic heterocycles. The smallest absolute Gasteiger partial charge is 0.251 e. The van der Waals surface area contributed by atoms with Crippen molar-refractivity contribution in [3.63, 3.8) is 0 Å². The third kappa shape index (κ3) is 4.78. The summed E-state index contributed by atoms with van der Waals surface area (Å²) >= 11 is 0. The maximum Gasteiger partial charge on any atom is 0.251 e. The highest BCUT2D eigenvalue weighted by atomic mass is 16.1. The zero-order valence-corrected chi connectivity index (χ0v) is 16.4. The molecule has 1 saturated heterocycles. The van der Waals surface area contributed by atoms with Gasteiger partial charge in [0.05, 0.1) is 0 Å². The standard InChI is InChI=1S/C21H28N6O/c1-26-10-3-11-27(13-12-26)20-17(4-2-8-23-20)15-24-19-14-16(7-9-22-19)21(28)25-18-5-6-18/h2,4,7-9,14,18H,3,5-6,10-13,15H2,1H3,(H,22,24)(H,25,28). The average Bonchev–Trinajstić information content (AvgIpc) is 3.55. The number of hydrogen-bond donors (Lipinski definition) is 2. The van der Waals surface area contributed by atoms with Gasteiger partial charge in [0.15, 0.2) is 0 Å². The van der Waals surface area contributed by atoms with Crippen LogP contribution in [0, 0.1) is 0 Å². The minimum absolute atomic E-state index is 0.0243. The van der Waals surface area contributed by atoms with Gasteiger partial charge in [-0.2, -0.15) is 0 Å². The number of nitrogens with zero attached hydrogens (tertiary/aromatic N) is 4. The van der Waals surface area contributed by atoms with Crippen molar-refractivity contribution < 1.29 is 4.79 Å². The monoisotopic (exact) mass is 380 g/mol. The van der Waals surface area contributed by atoms with Gasteiger partial charge in [-0.15, -0.1) is 0 Å². The van der Waals surface area contributed by atoms with Crippen LogP contribution in [-0.4, -0.2) is 60.0 Å². The molecule has 1 aliphatic carbocycles. The molecule has 0 atom stereocenters. The lowest BCUT2D eigenvalue weighted by Gasteiger charge is -2.24. The molecule has 1 saturated carbocycles. The zero-order valence-electron chi connectivity index (χ0n) is 16.4. The van der Waals surface area contributed by atoms with E-state index in [1.54, 1.807) is 12.3 Å². The normalized spacial score (nSPS) is 17.8. The van der Waals surface area contributed by atoms with Crippen LogP contribution in [-0.2, 0) is 6.54 Å². The molecule has 4 rings (SSSR count). The first kappa shape index (κ1) is 18.7. The highest BCUT2D eigenvalue weighted by Crippen LogP contribution is 2.21. The van der Waals surface area contributed by atoms with E-state index in [9.17, 15) is 4.79 Å². The Bertz CT molecular complexity index is 822. The van der Waals surface area contributed by atoms with Gasteiger partial charge >= 0.3 is 0 Å². The van der Waals surface area contributed by atoms with Crippen LogP contribution in [0.25, 0.3) is 0 Å². The lowest BCUT2D eigenvalue weighted by atomic mass is 10.2. The highest BCUT2D eigenvalue weighted by molar-refractivity contribution is 5.95. The fraction of sp³-hybridized carbons (Fsp3) is 0.476. The van der Waals surface area contributed by atoms with E-state index in [2.05, 4.69) is 43.5 Å². The summed E-state index contributed by atoms with van der Waals surface area (Å²) in [5.41, 5.74) is 1.79. The van der Waals surface area contributed by atoms with Gasteiger partial charge in [-0.3, -0.25) is 4.79 Å². The minimum atomic E-state index is -0.0243. The van der Waals surface area contributed by atoms with E-state index in [4.69, 9.17) is 0 Å². The lowest BCUT2D eigenvalue weighted by molar-refractivity contribution is 0.0951. The Morgan fingerprint density at radius 2 is 2.04 bits per heavy atom. The summed E-state index contributed by atoms with van der Waals surface area (Å²) in [7, 11) is 2.17. The minimum Gasteiger partial charge on any atom is -0.366 e. The Morgan fingerprint density at radius 3 is 2.89 bits per heavy atom. The molecule has 3 heterocycles. The van der Waals surface area contributed by atoms with Crippen LogP contribution < -0.4 is 15.5 Å². The first-order chi connectivity index (χ1) is 13.7. The number of anilines is 2. The second-order valence-corrected chi connectivity index (χ2v) is 7.66. The molecule has 28 heavy (non-hydrogen) atoms. The van der Waals surface area contributed by atoms with E-state index in [1.807, 2.05) is 18.3 Å². The number of nitrogens with one attached hydrogen (secondary N) is 2. The highest BCUT2D eigenvalue weighted by Gasteiger charge is 2.24. The summed E-state index contributed by atoms with van der Waals surface area (Å²) in [6.07, 6.45) is 6.84. The summed E-state index contributed by atoms with van der Waals surface area (Å²) in [6, 6.07) is 7.99. The summed E-state index contributed by atoms with van der Waals surface area (Å²) in [4.78, 5) is 26.0. The van der Waals surface area contributed by atoms with Crippen LogP contribution >= 0.6 is 0 Å². The van der Waals surface area contributed by atoms with Crippen molar-refractivity contribution in [3.8, 4) is 0 Å². The number of carbonyl (C=O) groups is 1.